The van der Waals surface area contributed by atoms with Gasteiger partial charge in [-0.3, -0.25) is 10.6 Å². The van der Waals surface area contributed by atoms with Crippen molar-refractivity contribution < 1.29 is 0 Å². The third kappa shape index (κ3) is 8.43. The molecule has 0 bridgehead atoms. The molecular weight excluding hydrogens is 736 g/mol. The van der Waals surface area contributed by atoms with Gasteiger partial charge in [-0.1, -0.05) is 39.8 Å². The van der Waals surface area contributed by atoms with Crippen molar-refractivity contribution in [3.05, 3.63) is 11.6 Å². The van der Waals surface area contributed by atoms with E-state index in [9.17, 15) is 0 Å². The molecule has 5 heterocycles. The Labute approximate surface area is 315 Å². The van der Waals surface area contributed by atoms with Crippen LogP contribution in [-0.4, -0.2) is 110 Å². The van der Waals surface area contributed by atoms with Gasteiger partial charge in [0.2, 0.25) is 41.5 Å². The van der Waals surface area contributed by atoms with Crippen molar-refractivity contribution in [3.8, 4) is 5.95 Å². The Hall–Kier alpha value is -8.06. The first-order valence-electron chi connectivity index (χ1n) is 16.3. The lowest BCUT2D eigenvalue weighted by molar-refractivity contribution is 0.362. The fraction of sp³-hybridized carbons (Fsp3) is 0.417. The van der Waals surface area contributed by atoms with E-state index < -0.39 is 5.41 Å². The Morgan fingerprint density at radius 3 is 2.25 bits per heavy atom. The van der Waals surface area contributed by atoms with Gasteiger partial charge in [0.15, 0.2) is 11.7 Å². The highest BCUT2D eigenvalue weighted by Crippen LogP contribution is 2.29. The number of hydrazine groups is 1. The SMILES string of the molecule is CCC(C)N(N=N)c1n[nH]c(Nc2nnc(-n3nc(N(N)/N=C(\N)c4n[nH]c(N/C(N)=N/N=C(\N)n5nc(C(=N)C(C)(C)C(C)C)nc5N)n4)nc3N)nn2)n1. The van der Waals surface area contributed by atoms with E-state index in [-0.39, 0.29) is 94.7 Å². The second-order valence-corrected chi connectivity index (χ2v) is 12.4. The number of hydrazone groups is 1. The van der Waals surface area contributed by atoms with Gasteiger partial charge < -0.3 is 34.1 Å². The van der Waals surface area contributed by atoms with Gasteiger partial charge in [0.25, 0.3) is 23.8 Å². The summed E-state index contributed by atoms with van der Waals surface area (Å²) in [6, 6.07) is -0.106. The quantitative estimate of drug-likeness (QED) is 0.0175. The fourth-order valence-corrected chi connectivity index (χ4v) is 4.05. The van der Waals surface area contributed by atoms with Gasteiger partial charge in [-0.2, -0.15) is 39.9 Å². The molecular formula is C24H40N32. The fourth-order valence-electron chi connectivity index (χ4n) is 4.05. The van der Waals surface area contributed by atoms with Gasteiger partial charge in [0.1, 0.15) is 0 Å². The zero-order valence-corrected chi connectivity index (χ0v) is 30.8. The summed E-state index contributed by atoms with van der Waals surface area (Å²) in [6.45, 7) is 11.6. The molecule has 0 saturated heterocycles. The van der Waals surface area contributed by atoms with E-state index in [1.165, 1.54) is 5.01 Å². The normalized spacial score (nSPS) is 13.2. The summed E-state index contributed by atoms with van der Waals surface area (Å²) < 4.78 is 2.02. The molecule has 0 aromatic carbocycles. The lowest BCUT2D eigenvalue weighted by Crippen LogP contribution is -2.31. The van der Waals surface area contributed by atoms with Gasteiger partial charge in [-0.05, 0) is 19.3 Å². The number of amidine groups is 1. The molecule has 5 aromatic heterocycles. The number of nitrogens with two attached hydrogens (primary N) is 6. The topological polar surface area (TPSA) is 480 Å². The van der Waals surface area contributed by atoms with Crippen molar-refractivity contribution in [2.75, 3.05) is 32.2 Å². The Morgan fingerprint density at radius 2 is 1.59 bits per heavy atom. The molecule has 1 atom stereocenters. The van der Waals surface area contributed by atoms with Crippen LogP contribution >= 0.6 is 0 Å². The summed E-state index contributed by atoms with van der Waals surface area (Å²) in [5.74, 6) is 4.89. The monoisotopic (exact) mass is 776 g/mol. The molecule has 0 radical (unpaired) electrons. The van der Waals surface area contributed by atoms with E-state index >= 15 is 0 Å². The standard InChI is InChI=1S/C24H40N32/c1-7-9(4)53(52-31)21-38-19(43-46-21)37-20-44-47-23(48-45-20)55-16(29)36-22(51-55)56(32)49-11(26)13-34-18(42-39-13)35-14(27)40-41-17(30)54-15(28)33-12(50-54)10(25)24(5,6)8(2)3/h8-9,25,31H,7,32H2,1-6H3,(H2,26,49)(H2,30,41)(H2,28,33,50)(H2,29,36,51)(H4,27,34,35,39,40,42)(H2,37,38,43,44,45,46). The van der Waals surface area contributed by atoms with Gasteiger partial charge in [-0.15, -0.1) is 56.1 Å². The summed E-state index contributed by atoms with van der Waals surface area (Å²) in [6.07, 6.45) is 0.714. The number of nitrogens with zero attached hydrogens (tertiary/aromatic N) is 20. The van der Waals surface area contributed by atoms with Crippen LogP contribution in [-0.2, 0) is 0 Å². The molecule has 56 heavy (non-hydrogen) atoms. The van der Waals surface area contributed by atoms with Crippen LogP contribution in [0.25, 0.3) is 5.95 Å². The molecule has 32 nitrogen and oxygen atoms in total. The molecule has 18 N–H and O–H groups in total. The minimum absolute atomic E-state index is 0.00872. The number of H-pyrrole nitrogens is 2. The summed E-state index contributed by atoms with van der Waals surface area (Å²) in [4.78, 5) is 16.5. The average molecular weight is 777 g/mol. The molecule has 0 aliphatic rings. The first kappa shape index (κ1) is 39.2. The van der Waals surface area contributed by atoms with Crippen molar-refractivity contribution >= 4 is 65.1 Å². The Bertz CT molecular complexity index is 2240. The second kappa shape index (κ2) is 15.9. The van der Waals surface area contributed by atoms with Crippen LogP contribution in [0.2, 0.25) is 0 Å². The summed E-state index contributed by atoms with van der Waals surface area (Å²) in [5, 5.41) is 68.2. The molecule has 0 saturated carbocycles. The zero-order valence-electron chi connectivity index (χ0n) is 30.8. The van der Waals surface area contributed by atoms with Crippen LogP contribution in [0.3, 0.4) is 0 Å². The average Bonchev–Trinajstić information content (AvgIpc) is 3.98. The van der Waals surface area contributed by atoms with Crippen LogP contribution in [0, 0.1) is 22.3 Å². The molecule has 0 fully saturated rings. The molecule has 0 aliphatic heterocycles. The molecule has 1 unspecified atom stereocenters. The maximum absolute atomic E-state index is 8.51. The number of nitrogens with one attached hydrogen (secondary N) is 6. The zero-order chi connectivity index (χ0) is 40.9. The number of rotatable bonds is 15. The van der Waals surface area contributed by atoms with Gasteiger partial charge in [-0.25, -0.2) is 21.0 Å². The number of hydrogen-bond donors (Lipinski definition) is 12. The number of aromatic nitrogens is 16. The molecule has 5 aromatic rings. The molecule has 0 amide bonds. The van der Waals surface area contributed by atoms with Crippen molar-refractivity contribution in [2.24, 2.45) is 54.9 Å². The lowest BCUT2D eigenvalue weighted by atomic mass is 9.76. The van der Waals surface area contributed by atoms with Crippen LogP contribution < -0.4 is 55.3 Å². The number of anilines is 7. The van der Waals surface area contributed by atoms with E-state index in [1.54, 1.807) is 0 Å². The minimum Gasteiger partial charge on any atom is -0.379 e. The van der Waals surface area contributed by atoms with Gasteiger partial charge in [0, 0.05) is 5.41 Å². The van der Waals surface area contributed by atoms with Crippen molar-refractivity contribution in [1.29, 1.82) is 10.9 Å². The van der Waals surface area contributed by atoms with Crippen LogP contribution in [0.1, 0.15) is 59.6 Å². The summed E-state index contributed by atoms with van der Waals surface area (Å²) in [7, 11) is 0. The first-order chi connectivity index (χ1) is 26.5. The number of guanidine groups is 1. The van der Waals surface area contributed by atoms with E-state index in [4.69, 9.17) is 45.5 Å². The van der Waals surface area contributed by atoms with Gasteiger partial charge in [0.05, 0.1) is 11.8 Å². The third-order valence-corrected chi connectivity index (χ3v) is 8.11. The third-order valence-electron chi connectivity index (χ3n) is 8.11. The minimum atomic E-state index is -0.528. The summed E-state index contributed by atoms with van der Waals surface area (Å²) in [5.41, 5.74) is 36.9. The van der Waals surface area contributed by atoms with Crippen molar-refractivity contribution in [2.45, 2.75) is 54.0 Å². The molecule has 296 valence electrons. The maximum Gasteiger partial charge on any atom is 0.292 e. The van der Waals surface area contributed by atoms with Gasteiger partial charge >= 0.3 is 0 Å². The Balaban J connectivity index is 1.20. The molecule has 32 heteroatoms. The molecule has 5 rings (SSSR count). The van der Waals surface area contributed by atoms with Crippen LogP contribution in [0.5, 0.6) is 0 Å². The molecule has 0 spiro atoms. The highest BCUT2D eigenvalue weighted by Gasteiger charge is 2.32. The Kier molecular flexibility index (Phi) is 11.1. The smallest absolute Gasteiger partial charge is 0.292 e. The lowest BCUT2D eigenvalue weighted by Gasteiger charge is -2.28. The van der Waals surface area contributed by atoms with Crippen molar-refractivity contribution in [3.63, 3.8) is 0 Å². The van der Waals surface area contributed by atoms with E-state index in [2.05, 4.69) is 102 Å². The number of nitrogen functional groups attached to an aromatic ring is 2. The largest absolute Gasteiger partial charge is 0.379 e. The number of aromatic amines is 2. The van der Waals surface area contributed by atoms with Crippen LogP contribution in [0.4, 0.5) is 41.6 Å². The molecule has 0 aliphatic carbocycles. The highest BCUT2D eigenvalue weighted by atomic mass is 15.7. The van der Waals surface area contributed by atoms with Crippen molar-refractivity contribution in [1.82, 2.24) is 80.3 Å². The summed E-state index contributed by atoms with van der Waals surface area (Å²) >= 11 is 0. The first-order valence-corrected chi connectivity index (χ1v) is 16.3. The predicted molar refractivity (Wildman–Crippen MR) is 200 cm³/mol. The highest BCUT2D eigenvalue weighted by molar-refractivity contribution is 6.00. The predicted octanol–water partition coefficient (Wildman–Crippen LogP) is -2.31. The Morgan fingerprint density at radius 1 is 0.893 bits per heavy atom. The van der Waals surface area contributed by atoms with E-state index in [1.807, 2.05) is 41.5 Å². The number of hydrogen-bond acceptors (Lipinski definition) is 23. The van der Waals surface area contributed by atoms with E-state index in [0.717, 1.165) is 9.36 Å². The van der Waals surface area contributed by atoms with E-state index in [0.29, 0.717) is 11.5 Å². The van der Waals surface area contributed by atoms with Crippen LogP contribution in [0.15, 0.2) is 20.5 Å². The second-order valence-electron chi connectivity index (χ2n) is 12.4. The maximum atomic E-state index is 8.51.